The van der Waals surface area contributed by atoms with Gasteiger partial charge in [-0.1, -0.05) is 56.8 Å². The lowest BCUT2D eigenvalue weighted by molar-refractivity contribution is 0.600. The molecule has 0 fully saturated rings. The summed E-state index contributed by atoms with van der Waals surface area (Å²) in [5.74, 6) is 0. The zero-order valence-electron chi connectivity index (χ0n) is 9.52. The van der Waals surface area contributed by atoms with Crippen LogP contribution in [0.2, 0.25) is 0 Å². The highest BCUT2D eigenvalue weighted by molar-refractivity contribution is 9.10. The number of halogens is 2. The van der Waals surface area contributed by atoms with Crippen LogP contribution in [0.15, 0.2) is 28.7 Å². The normalized spacial score (nSPS) is 10.6. The van der Waals surface area contributed by atoms with Gasteiger partial charge in [-0.2, -0.15) is 0 Å². The maximum absolute atomic E-state index is 3.47. The maximum atomic E-state index is 3.47. The van der Waals surface area contributed by atoms with Crippen molar-refractivity contribution in [2.24, 2.45) is 0 Å². The molecule has 1 nitrogen and oxygen atoms in total. The van der Waals surface area contributed by atoms with Crippen molar-refractivity contribution < 1.29 is 0 Å². The molecule has 0 saturated carbocycles. The van der Waals surface area contributed by atoms with Crippen LogP contribution >= 0.6 is 31.9 Å². The van der Waals surface area contributed by atoms with Crippen LogP contribution in [-0.4, -0.2) is 11.9 Å². The van der Waals surface area contributed by atoms with Crippen LogP contribution in [0, 0.1) is 0 Å². The SMILES string of the molecule is BrCCCCCCNCc1ccc(Br)cc1. The van der Waals surface area contributed by atoms with E-state index >= 15 is 0 Å². The second-order valence-corrected chi connectivity index (χ2v) is 5.62. The fourth-order valence-corrected chi connectivity index (χ4v) is 2.19. The van der Waals surface area contributed by atoms with Gasteiger partial charge in [-0.25, -0.2) is 0 Å². The van der Waals surface area contributed by atoms with Gasteiger partial charge in [-0.05, 0) is 37.1 Å². The second kappa shape index (κ2) is 9.20. The molecular formula is C13H19Br2N. The lowest BCUT2D eigenvalue weighted by Crippen LogP contribution is -2.14. The molecule has 0 bridgehead atoms. The van der Waals surface area contributed by atoms with Crippen molar-refractivity contribution >= 4 is 31.9 Å². The van der Waals surface area contributed by atoms with Gasteiger partial charge in [0.05, 0.1) is 0 Å². The standard InChI is InChI=1S/C13H19Br2N/c14-9-3-1-2-4-10-16-11-12-5-7-13(15)8-6-12/h5-8,16H,1-4,9-11H2. The van der Waals surface area contributed by atoms with E-state index in [2.05, 4.69) is 61.4 Å². The Balaban J connectivity index is 2.01. The average molecular weight is 349 g/mol. The predicted molar refractivity (Wildman–Crippen MR) is 78.1 cm³/mol. The first-order chi connectivity index (χ1) is 7.83. The summed E-state index contributed by atoms with van der Waals surface area (Å²) in [7, 11) is 0. The van der Waals surface area contributed by atoms with E-state index < -0.39 is 0 Å². The van der Waals surface area contributed by atoms with Gasteiger partial charge in [0.25, 0.3) is 0 Å². The fraction of sp³-hybridized carbons (Fsp3) is 0.538. The molecule has 1 aromatic rings. The Morgan fingerprint density at radius 3 is 2.31 bits per heavy atom. The summed E-state index contributed by atoms with van der Waals surface area (Å²) in [4.78, 5) is 0. The highest BCUT2D eigenvalue weighted by Gasteiger charge is 1.93. The van der Waals surface area contributed by atoms with Crippen molar-refractivity contribution in [2.75, 3.05) is 11.9 Å². The number of alkyl halides is 1. The molecule has 1 rings (SSSR count). The molecule has 0 atom stereocenters. The first-order valence-electron chi connectivity index (χ1n) is 5.84. The van der Waals surface area contributed by atoms with Crippen molar-refractivity contribution in [2.45, 2.75) is 32.2 Å². The molecule has 90 valence electrons. The van der Waals surface area contributed by atoms with E-state index in [1.54, 1.807) is 0 Å². The molecule has 0 amide bonds. The van der Waals surface area contributed by atoms with E-state index in [-0.39, 0.29) is 0 Å². The van der Waals surface area contributed by atoms with Gasteiger partial charge >= 0.3 is 0 Å². The Hall–Kier alpha value is 0.140. The van der Waals surface area contributed by atoms with E-state index in [0.717, 1.165) is 22.9 Å². The smallest absolute Gasteiger partial charge is 0.0205 e. The molecule has 1 N–H and O–H groups in total. The number of benzene rings is 1. The van der Waals surface area contributed by atoms with Crippen LogP contribution in [-0.2, 0) is 6.54 Å². The third-order valence-corrected chi connectivity index (χ3v) is 3.57. The van der Waals surface area contributed by atoms with Gasteiger partial charge in [0.2, 0.25) is 0 Å². The molecule has 1 aromatic carbocycles. The average Bonchev–Trinajstić information content (AvgIpc) is 2.30. The van der Waals surface area contributed by atoms with Gasteiger partial charge in [0.15, 0.2) is 0 Å². The van der Waals surface area contributed by atoms with Crippen LogP contribution in [0.25, 0.3) is 0 Å². The molecule has 0 aliphatic rings. The second-order valence-electron chi connectivity index (χ2n) is 3.91. The van der Waals surface area contributed by atoms with Crippen LogP contribution in [0.3, 0.4) is 0 Å². The fourth-order valence-electron chi connectivity index (χ4n) is 1.53. The molecule has 0 aromatic heterocycles. The Bertz CT molecular complexity index is 272. The van der Waals surface area contributed by atoms with E-state index in [0.29, 0.717) is 0 Å². The van der Waals surface area contributed by atoms with Gasteiger partial charge < -0.3 is 5.32 Å². The van der Waals surface area contributed by atoms with E-state index in [1.165, 1.54) is 31.2 Å². The summed E-state index contributed by atoms with van der Waals surface area (Å²) >= 11 is 6.89. The summed E-state index contributed by atoms with van der Waals surface area (Å²) in [6.45, 7) is 2.10. The molecule has 0 radical (unpaired) electrons. The molecule has 0 aliphatic carbocycles. The third-order valence-electron chi connectivity index (χ3n) is 2.48. The van der Waals surface area contributed by atoms with E-state index in [1.807, 2.05) is 0 Å². The van der Waals surface area contributed by atoms with Gasteiger partial charge in [-0.15, -0.1) is 0 Å². The van der Waals surface area contributed by atoms with Crippen LogP contribution in [0.4, 0.5) is 0 Å². The van der Waals surface area contributed by atoms with E-state index in [9.17, 15) is 0 Å². The van der Waals surface area contributed by atoms with Crippen molar-refractivity contribution in [3.8, 4) is 0 Å². The number of unbranched alkanes of at least 4 members (excludes halogenated alkanes) is 3. The largest absolute Gasteiger partial charge is 0.313 e. The summed E-state index contributed by atoms with van der Waals surface area (Å²) in [5, 5.41) is 4.61. The van der Waals surface area contributed by atoms with Crippen molar-refractivity contribution in [3.05, 3.63) is 34.3 Å². The summed E-state index contributed by atoms with van der Waals surface area (Å²) in [6.07, 6.45) is 5.25. The first kappa shape index (κ1) is 14.2. The zero-order chi connectivity index (χ0) is 11.6. The van der Waals surface area contributed by atoms with E-state index in [4.69, 9.17) is 0 Å². The van der Waals surface area contributed by atoms with Crippen molar-refractivity contribution in [1.82, 2.24) is 5.32 Å². The quantitative estimate of drug-likeness (QED) is 0.539. The Morgan fingerprint density at radius 1 is 0.938 bits per heavy atom. The molecule has 3 heteroatoms. The lowest BCUT2D eigenvalue weighted by atomic mass is 10.2. The number of hydrogen-bond donors (Lipinski definition) is 1. The number of nitrogens with one attached hydrogen (secondary N) is 1. The van der Waals surface area contributed by atoms with Gasteiger partial charge in [-0.3, -0.25) is 0 Å². The Morgan fingerprint density at radius 2 is 1.62 bits per heavy atom. The van der Waals surface area contributed by atoms with Crippen molar-refractivity contribution in [3.63, 3.8) is 0 Å². The van der Waals surface area contributed by atoms with Crippen molar-refractivity contribution in [1.29, 1.82) is 0 Å². The minimum absolute atomic E-state index is 0.978. The molecule has 0 aliphatic heterocycles. The summed E-state index contributed by atoms with van der Waals surface area (Å²) < 4.78 is 1.14. The summed E-state index contributed by atoms with van der Waals surface area (Å²) in [6, 6.07) is 8.49. The first-order valence-corrected chi connectivity index (χ1v) is 7.75. The molecule has 0 spiro atoms. The third kappa shape index (κ3) is 6.66. The van der Waals surface area contributed by atoms with Crippen LogP contribution < -0.4 is 5.32 Å². The summed E-state index contributed by atoms with van der Waals surface area (Å²) in [5.41, 5.74) is 1.35. The highest BCUT2D eigenvalue weighted by atomic mass is 79.9. The maximum Gasteiger partial charge on any atom is 0.0205 e. The van der Waals surface area contributed by atoms with Crippen LogP contribution in [0.1, 0.15) is 31.2 Å². The minimum atomic E-state index is 0.978. The monoisotopic (exact) mass is 347 g/mol. The number of rotatable bonds is 8. The molecule has 0 saturated heterocycles. The Kier molecular flexibility index (Phi) is 8.17. The van der Waals surface area contributed by atoms with Gasteiger partial charge in [0, 0.05) is 16.3 Å². The zero-order valence-corrected chi connectivity index (χ0v) is 12.7. The molecule has 0 heterocycles. The molecule has 0 unspecified atom stereocenters. The highest BCUT2D eigenvalue weighted by Crippen LogP contribution is 2.10. The molecular weight excluding hydrogens is 330 g/mol. The predicted octanol–water partition coefficient (Wildman–Crippen LogP) is 4.49. The minimum Gasteiger partial charge on any atom is -0.313 e. The topological polar surface area (TPSA) is 12.0 Å². The van der Waals surface area contributed by atoms with Gasteiger partial charge in [0.1, 0.15) is 0 Å². The number of hydrogen-bond acceptors (Lipinski definition) is 1. The molecule has 16 heavy (non-hydrogen) atoms. The lowest BCUT2D eigenvalue weighted by Gasteiger charge is -2.04. The van der Waals surface area contributed by atoms with Crippen LogP contribution in [0.5, 0.6) is 0 Å². The Labute approximate surface area is 115 Å².